The van der Waals surface area contributed by atoms with Crippen molar-refractivity contribution in [3.05, 3.63) is 192 Å². The highest BCUT2D eigenvalue weighted by molar-refractivity contribution is 7.18. The van der Waals surface area contributed by atoms with E-state index in [-0.39, 0.29) is 0 Å². The molecule has 3 nitrogen and oxygen atoms in total. The quantitative estimate of drug-likeness (QED) is 0.191. The molecule has 0 atom stereocenters. The fourth-order valence-corrected chi connectivity index (χ4v) is 8.63. The zero-order chi connectivity index (χ0) is 32.4. The van der Waals surface area contributed by atoms with E-state index in [1.807, 2.05) is 12.1 Å². The van der Waals surface area contributed by atoms with Crippen LogP contribution < -0.4 is 4.74 Å². The second-order valence-electron chi connectivity index (χ2n) is 12.5. The molecule has 0 radical (unpaired) electrons. The van der Waals surface area contributed by atoms with Gasteiger partial charge in [-0.1, -0.05) is 127 Å². The van der Waals surface area contributed by atoms with Gasteiger partial charge in [-0.25, -0.2) is 9.97 Å². The molecule has 2 aliphatic rings. The molecule has 230 valence electrons. The van der Waals surface area contributed by atoms with Crippen LogP contribution >= 0.6 is 11.3 Å². The number of nitrogens with zero attached hydrogens (tertiary/aromatic N) is 2. The van der Waals surface area contributed by atoms with Gasteiger partial charge in [0.2, 0.25) is 0 Å². The number of thiophene rings is 1. The lowest BCUT2D eigenvalue weighted by molar-refractivity contribution is 0.436. The summed E-state index contributed by atoms with van der Waals surface area (Å²) in [6.45, 7) is 0. The monoisotopic (exact) mass is 644 g/mol. The standard InChI is InChI=1S/C45H28N2OS/c1-3-13-29(14-4-1)38-28-39(30-15-5-2-6-16-30)47-44(46-38)43-26-25-42(49-43)31-23-24-41-37(27-31)45(36-21-11-12-22-40(36)48-41)34-19-9-7-17-32(34)33-18-8-10-20-35(33)45/h1-28H. The zero-order valence-electron chi connectivity index (χ0n) is 26.4. The average Bonchev–Trinajstić information content (AvgIpc) is 3.79. The smallest absolute Gasteiger partial charge is 0.170 e. The van der Waals surface area contributed by atoms with Crippen molar-refractivity contribution in [3.8, 4) is 66.3 Å². The van der Waals surface area contributed by atoms with E-state index in [0.29, 0.717) is 0 Å². The largest absolute Gasteiger partial charge is 0.457 e. The highest BCUT2D eigenvalue weighted by atomic mass is 32.1. The van der Waals surface area contributed by atoms with Crippen LogP contribution in [0.1, 0.15) is 22.3 Å². The van der Waals surface area contributed by atoms with Crippen molar-refractivity contribution in [2.75, 3.05) is 0 Å². The molecule has 6 aromatic carbocycles. The van der Waals surface area contributed by atoms with Gasteiger partial charge in [-0.3, -0.25) is 0 Å². The first kappa shape index (κ1) is 28.0. The van der Waals surface area contributed by atoms with Crippen LogP contribution in [0.25, 0.3) is 54.8 Å². The number of aromatic nitrogens is 2. The van der Waals surface area contributed by atoms with Crippen molar-refractivity contribution in [3.63, 3.8) is 0 Å². The molecule has 1 aliphatic carbocycles. The van der Waals surface area contributed by atoms with E-state index in [1.54, 1.807) is 11.3 Å². The Morgan fingerprint density at radius 2 is 0.939 bits per heavy atom. The molecule has 2 aromatic heterocycles. The number of benzene rings is 6. The van der Waals surface area contributed by atoms with Crippen molar-refractivity contribution in [1.82, 2.24) is 9.97 Å². The molecule has 0 saturated heterocycles. The summed E-state index contributed by atoms with van der Waals surface area (Å²) in [6.07, 6.45) is 0. The number of fused-ring (bicyclic) bond motifs is 9. The van der Waals surface area contributed by atoms with Gasteiger partial charge in [0.15, 0.2) is 5.82 Å². The van der Waals surface area contributed by atoms with Crippen LogP contribution in [-0.2, 0) is 5.41 Å². The SMILES string of the molecule is c1ccc(-c2cc(-c3ccccc3)nc(-c3ccc(-c4ccc5c(c4)C4(c6ccccc6O5)c5ccccc5-c5ccccc54)s3)n2)cc1. The summed E-state index contributed by atoms with van der Waals surface area (Å²) in [7, 11) is 0. The number of rotatable bonds is 4. The Kier molecular flexibility index (Phi) is 6.27. The molecule has 1 aliphatic heterocycles. The third kappa shape index (κ3) is 4.28. The Hall–Kier alpha value is -6.10. The summed E-state index contributed by atoms with van der Waals surface area (Å²) < 4.78 is 6.65. The molecule has 8 aromatic rings. The van der Waals surface area contributed by atoms with Crippen molar-refractivity contribution < 1.29 is 4.74 Å². The third-order valence-electron chi connectivity index (χ3n) is 9.82. The summed E-state index contributed by atoms with van der Waals surface area (Å²) in [4.78, 5) is 12.4. The summed E-state index contributed by atoms with van der Waals surface area (Å²) >= 11 is 1.72. The van der Waals surface area contributed by atoms with E-state index >= 15 is 0 Å². The fourth-order valence-electron chi connectivity index (χ4n) is 7.69. The van der Waals surface area contributed by atoms with Crippen molar-refractivity contribution >= 4 is 11.3 Å². The van der Waals surface area contributed by atoms with Crippen LogP contribution in [0, 0.1) is 0 Å². The van der Waals surface area contributed by atoms with Gasteiger partial charge < -0.3 is 4.74 Å². The Morgan fingerprint density at radius 3 is 1.59 bits per heavy atom. The number of hydrogen-bond acceptors (Lipinski definition) is 4. The summed E-state index contributed by atoms with van der Waals surface area (Å²) in [6, 6.07) is 60.0. The molecular weight excluding hydrogens is 617 g/mol. The number of hydrogen-bond donors (Lipinski definition) is 0. The molecule has 0 saturated carbocycles. The predicted octanol–water partition coefficient (Wildman–Crippen LogP) is 11.7. The minimum Gasteiger partial charge on any atom is -0.457 e. The molecule has 10 rings (SSSR count). The summed E-state index contributed by atoms with van der Waals surface area (Å²) in [5.74, 6) is 2.51. The van der Waals surface area contributed by atoms with Gasteiger partial charge in [0.05, 0.1) is 21.7 Å². The fraction of sp³-hybridized carbons (Fsp3) is 0.0222. The van der Waals surface area contributed by atoms with Crippen LogP contribution in [0.5, 0.6) is 11.5 Å². The molecular formula is C45H28N2OS. The minimum absolute atomic E-state index is 0.495. The van der Waals surface area contributed by atoms with Gasteiger partial charge in [0.25, 0.3) is 0 Å². The van der Waals surface area contributed by atoms with Crippen molar-refractivity contribution in [2.45, 2.75) is 5.41 Å². The second-order valence-corrected chi connectivity index (χ2v) is 13.6. The number of ether oxygens (including phenoxy) is 1. The molecule has 3 heterocycles. The first-order valence-corrected chi connectivity index (χ1v) is 17.3. The molecule has 49 heavy (non-hydrogen) atoms. The summed E-state index contributed by atoms with van der Waals surface area (Å²) in [5, 5.41) is 0. The van der Waals surface area contributed by atoms with Crippen LogP contribution in [0.15, 0.2) is 170 Å². The average molecular weight is 645 g/mol. The van der Waals surface area contributed by atoms with Gasteiger partial charge >= 0.3 is 0 Å². The highest BCUT2D eigenvalue weighted by Gasteiger charge is 2.51. The van der Waals surface area contributed by atoms with Crippen LogP contribution in [0.3, 0.4) is 0 Å². The Balaban J connectivity index is 1.14. The zero-order valence-corrected chi connectivity index (χ0v) is 27.2. The number of para-hydroxylation sites is 1. The first-order valence-electron chi connectivity index (χ1n) is 16.5. The third-order valence-corrected chi connectivity index (χ3v) is 11.0. The lowest BCUT2D eigenvalue weighted by Crippen LogP contribution is -2.32. The molecule has 0 N–H and O–H groups in total. The van der Waals surface area contributed by atoms with Gasteiger partial charge in [-0.05, 0) is 70.3 Å². The molecule has 1 spiro atoms. The maximum atomic E-state index is 6.65. The maximum absolute atomic E-state index is 6.65. The van der Waals surface area contributed by atoms with Gasteiger partial charge in [0, 0.05) is 27.1 Å². The Bertz CT molecular complexity index is 2430. The van der Waals surface area contributed by atoms with E-state index in [9.17, 15) is 0 Å². The molecule has 0 bridgehead atoms. The summed E-state index contributed by atoms with van der Waals surface area (Å²) in [5.41, 5.74) is 12.0. The van der Waals surface area contributed by atoms with Crippen LogP contribution in [-0.4, -0.2) is 9.97 Å². The van der Waals surface area contributed by atoms with Crippen LogP contribution in [0.4, 0.5) is 0 Å². The van der Waals surface area contributed by atoms with E-state index in [0.717, 1.165) is 60.7 Å². The van der Waals surface area contributed by atoms with Crippen LogP contribution in [0.2, 0.25) is 0 Å². The predicted molar refractivity (Wildman–Crippen MR) is 199 cm³/mol. The van der Waals surface area contributed by atoms with E-state index < -0.39 is 5.41 Å². The van der Waals surface area contributed by atoms with Crippen molar-refractivity contribution in [2.24, 2.45) is 0 Å². The molecule has 4 heteroatoms. The lowest BCUT2D eigenvalue weighted by Gasteiger charge is -2.39. The topological polar surface area (TPSA) is 35.0 Å². The van der Waals surface area contributed by atoms with E-state index in [4.69, 9.17) is 14.7 Å². The van der Waals surface area contributed by atoms with Gasteiger partial charge in [-0.15, -0.1) is 11.3 Å². The Labute approximate surface area is 288 Å². The van der Waals surface area contributed by atoms with E-state index in [2.05, 4.69) is 158 Å². The normalized spacial score (nSPS) is 13.2. The molecule has 0 amide bonds. The van der Waals surface area contributed by atoms with Gasteiger partial charge in [-0.2, -0.15) is 0 Å². The Morgan fingerprint density at radius 1 is 0.408 bits per heavy atom. The van der Waals surface area contributed by atoms with Gasteiger partial charge in [0.1, 0.15) is 11.5 Å². The minimum atomic E-state index is -0.495. The first-order chi connectivity index (χ1) is 24.3. The molecule has 0 unspecified atom stereocenters. The second kappa shape index (κ2) is 11.0. The lowest BCUT2D eigenvalue weighted by atomic mass is 9.66. The van der Waals surface area contributed by atoms with E-state index in [1.165, 1.54) is 27.8 Å². The highest BCUT2D eigenvalue weighted by Crippen LogP contribution is 2.62. The molecule has 0 fully saturated rings. The maximum Gasteiger partial charge on any atom is 0.170 e. The van der Waals surface area contributed by atoms with Crippen molar-refractivity contribution in [1.29, 1.82) is 0 Å².